The Kier molecular flexibility index (Phi) is 3.10. The summed E-state index contributed by atoms with van der Waals surface area (Å²) < 4.78 is 0. The molecule has 5 nitrogen and oxygen atoms in total. The lowest BCUT2D eigenvalue weighted by atomic mass is 9.73. The van der Waals surface area contributed by atoms with Gasteiger partial charge in [-0.15, -0.1) is 0 Å². The van der Waals surface area contributed by atoms with Gasteiger partial charge in [0.25, 0.3) is 0 Å². The van der Waals surface area contributed by atoms with Crippen molar-refractivity contribution in [1.82, 2.24) is 10.8 Å². The molecule has 1 rings (SSSR count). The third-order valence-corrected chi connectivity index (χ3v) is 2.86. The Bertz CT molecular complexity index is 254. The molecule has 0 saturated carbocycles. The normalized spacial score (nSPS) is 32.2. The number of carbonyl (C=O) groups excluding carboxylic acids is 2. The molecule has 2 amide bonds. The first-order valence-electron chi connectivity index (χ1n) is 4.78. The average Bonchev–Trinajstić information content (AvgIpc) is 2.14. The van der Waals surface area contributed by atoms with Crippen molar-refractivity contribution in [3.05, 3.63) is 0 Å². The summed E-state index contributed by atoms with van der Waals surface area (Å²) in [5.41, 5.74) is 0.909. The molecule has 2 unspecified atom stereocenters. The molecule has 3 N–H and O–H groups in total. The van der Waals surface area contributed by atoms with Crippen LogP contribution in [-0.2, 0) is 9.59 Å². The summed E-state index contributed by atoms with van der Waals surface area (Å²) in [6.07, 6.45) is 1.28. The van der Waals surface area contributed by atoms with Crippen molar-refractivity contribution in [3.63, 3.8) is 0 Å². The van der Waals surface area contributed by atoms with Crippen molar-refractivity contribution in [2.24, 2.45) is 5.41 Å². The molecule has 0 aromatic rings. The third-order valence-electron chi connectivity index (χ3n) is 2.86. The van der Waals surface area contributed by atoms with E-state index in [0.717, 1.165) is 0 Å². The fourth-order valence-electron chi connectivity index (χ4n) is 2.06. The van der Waals surface area contributed by atoms with Crippen LogP contribution in [0, 0.1) is 5.41 Å². The summed E-state index contributed by atoms with van der Waals surface area (Å²) in [7, 11) is 0. The molecule has 0 spiro atoms. The highest BCUT2D eigenvalue weighted by molar-refractivity contribution is 5.89. The van der Waals surface area contributed by atoms with E-state index in [-0.39, 0.29) is 18.4 Å². The number of nitrogens with one attached hydrogen (secondary N) is 2. The van der Waals surface area contributed by atoms with E-state index < -0.39 is 11.3 Å². The maximum absolute atomic E-state index is 11.5. The standard InChI is InChI=1S/C9H16N2O3/c1-3-9(8(13)11-14)4-6(2)10-7(12)5-9/h6,14H,3-5H2,1-2H3,(H,10,12)(H,11,13). The predicted molar refractivity (Wildman–Crippen MR) is 49.5 cm³/mol. The molecule has 0 aromatic heterocycles. The molecular weight excluding hydrogens is 184 g/mol. The van der Waals surface area contributed by atoms with Crippen LogP contribution in [0.15, 0.2) is 0 Å². The van der Waals surface area contributed by atoms with Gasteiger partial charge in [-0.2, -0.15) is 0 Å². The summed E-state index contributed by atoms with van der Waals surface area (Å²) in [5, 5.41) is 11.4. The van der Waals surface area contributed by atoms with Gasteiger partial charge < -0.3 is 5.32 Å². The maximum atomic E-state index is 11.5. The molecule has 1 fully saturated rings. The molecule has 1 saturated heterocycles. The van der Waals surface area contributed by atoms with Gasteiger partial charge in [-0.05, 0) is 19.8 Å². The molecule has 2 atom stereocenters. The Balaban J connectivity index is 2.87. The van der Waals surface area contributed by atoms with Crippen molar-refractivity contribution in [2.75, 3.05) is 0 Å². The van der Waals surface area contributed by atoms with Gasteiger partial charge in [0.2, 0.25) is 11.8 Å². The van der Waals surface area contributed by atoms with Crippen LogP contribution < -0.4 is 10.8 Å². The zero-order valence-corrected chi connectivity index (χ0v) is 8.46. The second kappa shape index (κ2) is 3.96. The quantitative estimate of drug-likeness (QED) is 0.439. The second-order valence-corrected chi connectivity index (χ2v) is 3.92. The van der Waals surface area contributed by atoms with Crippen LogP contribution in [0.3, 0.4) is 0 Å². The lowest BCUT2D eigenvalue weighted by Gasteiger charge is -2.36. The minimum absolute atomic E-state index is 0.0199. The zero-order valence-electron chi connectivity index (χ0n) is 8.46. The monoisotopic (exact) mass is 200 g/mol. The Morgan fingerprint density at radius 2 is 2.43 bits per heavy atom. The number of amides is 2. The van der Waals surface area contributed by atoms with Crippen LogP contribution in [0.2, 0.25) is 0 Å². The molecule has 5 heteroatoms. The first kappa shape index (κ1) is 11.0. The minimum atomic E-state index is -0.740. The van der Waals surface area contributed by atoms with E-state index in [1.165, 1.54) is 0 Å². The van der Waals surface area contributed by atoms with Crippen molar-refractivity contribution < 1.29 is 14.8 Å². The summed E-state index contributed by atoms with van der Waals surface area (Å²) >= 11 is 0. The first-order valence-corrected chi connectivity index (χ1v) is 4.78. The summed E-state index contributed by atoms with van der Waals surface area (Å²) in [5.74, 6) is -0.587. The van der Waals surface area contributed by atoms with Crippen molar-refractivity contribution in [3.8, 4) is 0 Å². The van der Waals surface area contributed by atoms with Gasteiger partial charge in [0.15, 0.2) is 0 Å². The Morgan fingerprint density at radius 1 is 1.79 bits per heavy atom. The van der Waals surface area contributed by atoms with Crippen LogP contribution in [0.5, 0.6) is 0 Å². The molecule has 0 radical (unpaired) electrons. The van der Waals surface area contributed by atoms with Gasteiger partial charge in [0, 0.05) is 12.5 Å². The first-order chi connectivity index (χ1) is 6.54. The molecule has 14 heavy (non-hydrogen) atoms. The molecule has 0 bridgehead atoms. The highest BCUT2D eigenvalue weighted by Gasteiger charge is 2.43. The number of piperidine rings is 1. The van der Waals surface area contributed by atoms with Gasteiger partial charge in [-0.25, -0.2) is 5.48 Å². The number of carbonyl (C=O) groups is 2. The van der Waals surface area contributed by atoms with Crippen molar-refractivity contribution in [2.45, 2.75) is 39.2 Å². The molecular formula is C9H16N2O3. The lowest BCUT2D eigenvalue weighted by molar-refractivity contribution is -0.147. The van der Waals surface area contributed by atoms with E-state index in [9.17, 15) is 9.59 Å². The Hall–Kier alpha value is -1.10. The van der Waals surface area contributed by atoms with E-state index in [1.54, 1.807) is 5.48 Å². The molecule has 1 aliphatic rings. The zero-order chi connectivity index (χ0) is 10.8. The fourth-order valence-corrected chi connectivity index (χ4v) is 2.06. The number of hydrogen-bond acceptors (Lipinski definition) is 3. The highest BCUT2D eigenvalue weighted by atomic mass is 16.5. The summed E-state index contributed by atoms with van der Waals surface area (Å²) in [4.78, 5) is 22.8. The Labute approximate surface area is 82.8 Å². The van der Waals surface area contributed by atoms with Gasteiger partial charge in [0.05, 0.1) is 5.41 Å². The minimum Gasteiger partial charge on any atom is -0.354 e. The fraction of sp³-hybridized carbons (Fsp3) is 0.778. The van der Waals surface area contributed by atoms with E-state index in [4.69, 9.17) is 5.21 Å². The molecule has 1 heterocycles. The lowest BCUT2D eigenvalue weighted by Crippen LogP contribution is -2.52. The molecule has 80 valence electrons. The highest BCUT2D eigenvalue weighted by Crippen LogP contribution is 2.35. The van der Waals surface area contributed by atoms with Crippen LogP contribution in [-0.4, -0.2) is 23.1 Å². The average molecular weight is 200 g/mol. The van der Waals surface area contributed by atoms with Gasteiger partial charge in [0.1, 0.15) is 0 Å². The number of rotatable bonds is 2. The van der Waals surface area contributed by atoms with Gasteiger partial charge in [-0.3, -0.25) is 14.8 Å². The SMILES string of the molecule is CCC1(C(=O)NO)CC(=O)NC(C)C1. The molecule has 1 aliphatic heterocycles. The largest absolute Gasteiger partial charge is 0.354 e. The van der Waals surface area contributed by atoms with Gasteiger partial charge >= 0.3 is 0 Å². The van der Waals surface area contributed by atoms with E-state index in [2.05, 4.69) is 5.32 Å². The van der Waals surface area contributed by atoms with Crippen LogP contribution in [0.4, 0.5) is 0 Å². The van der Waals surface area contributed by atoms with Gasteiger partial charge in [-0.1, -0.05) is 6.92 Å². The Morgan fingerprint density at radius 3 is 2.86 bits per heavy atom. The predicted octanol–water partition coefficient (Wildman–Crippen LogP) is 0.187. The number of hydroxylamine groups is 1. The van der Waals surface area contributed by atoms with Crippen LogP contribution in [0.25, 0.3) is 0 Å². The smallest absolute Gasteiger partial charge is 0.250 e. The summed E-state index contributed by atoms with van der Waals surface area (Å²) in [6.45, 7) is 3.70. The second-order valence-electron chi connectivity index (χ2n) is 3.92. The van der Waals surface area contributed by atoms with Crippen molar-refractivity contribution >= 4 is 11.8 Å². The third kappa shape index (κ3) is 1.87. The van der Waals surface area contributed by atoms with Crippen molar-refractivity contribution in [1.29, 1.82) is 0 Å². The number of hydrogen-bond donors (Lipinski definition) is 3. The van der Waals surface area contributed by atoms with Crippen LogP contribution in [0.1, 0.15) is 33.1 Å². The summed E-state index contributed by atoms with van der Waals surface area (Å²) in [6, 6.07) is -0.0199. The van der Waals surface area contributed by atoms with Crippen LogP contribution >= 0.6 is 0 Å². The maximum Gasteiger partial charge on any atom is 0.250 e. The van der Waals surface area contributed by atoms with E-state index in [1.807, 2.05) is 13.8 Å². The topological polar surface area (TPSA) is 78.4 Å². The van der Waals surface area contributed by atoms with E-state index in [0.29, 0.717) is 12.8 Å². The van der Waals surface area contributed by atoms with E-state index >= 15 is 0 Å². The molecule has 0 aromatic carbocycles. The molecule has 0 aliphatic carbocycles.